The first-order chi connectivity index (χ1) is 11.1. The van der Waals surface area contributed by atoms with Crippen molar-refractivity contribution in [2.45, 2.75) is 57.8 Å². The summed E-state index contributed by atoms with van der Waals surface area (Å²) >= 11 is 1.31. The molecule has 1 aromatic heterocycles. The van der Waals surface area contributed by atoms with Crippen LogP contribution in [0.3, 0.4) is 0 Å². The van der Waals surface area contributed by atoms with Gasteiger partial charge in [-0.2, -0.15) is 0 Å². The second-order valence-corrected chi connectivity index (χ2v) is 13.0. The molecule has 24 heavy (non-hydrogen) atoms. The average Bonchev–Trinajstić information content (AvgIpc) is 2.94. The fourth-order valence-corrected chi connectivity index (χ4v) is 3.51. The molecule has 0 aliphatic carbocycles. The number of methoxy groups -OCH3 is 1. The monoisotopic (exact) mass is 374 g/mol. The minimum absolute atomic E-state index is 0.0757. The van der Waals surface area contributed by atoms with E-state index in [2.05, 4.69) is 44.2 Å². The number of nitrogens with zero attached hydrogens (tertiary/aromatic N) is 1. The van der Waals surface area contributed by atoms with Gasteiger partial charge in [-0.1, -0.05) is 20.8 Å². The molecule has 0 aliphatic heterocycles. The SMILES string of the molecule is COC(CCCNc1nc(C(=O)O)cs1)CO[Si](C)(C)C(C)(C)C. The van der Waals surface area contributed by atoms with Gasteiger partial charge in [-0.15, -0.1) is 11.3 Å². The van der Waals surface area contributed by atoms with E-state index >= 15 is 0 Å². The van der Waals surface area contributed by atoms with Crippen molar-refractivity contribution >= 4 is 30.8 Å². The van der Waals surface area contributed by atoms with Crippen LogP contribution in [0.5, 0.6) is 0 Å². The fourth-order valence-electron chi connectivity index (χ4n) is 1.77. The summed E-state index contributed by atoms with van der Waals surface area (Å²) in [6.45, 7) is 12.5. The van der Waals surface area contributed by atoms with Gasteiger partial charge in [0, 0.05) is 19.0 Å². The Bertz CT molecular complexity index is 528. The Kier molecular flexibility index (Phi) is 7.85. The maximum Gasteiger partial charge on any atom is 0.355 e. The number of aromatic nitrogens is 1. The molecule has 0 amide bonds. The molecule has 0 aliphatic rings. The van der Waals surface area contributed by atoms with Gasteiger partial charge < -0.3 is 19.6 Å². The third kappa shape index (κ3) is 6.50. The summed E-state index contributed by atoms with van der Waals surface area (Å²) in [7, 11) is -0.0364. The van der Waals surface area contributed by atoms with Crippen molar-refractivity contribution in [1.29, 1.82) is 0 Å². The molecular formula is C16H30N2O4SSi. The van der Waals surface area contributed by atoms with Crippen molar-refractivity contribution < 1.29 is 19.1 Å². The number of anilines is 1. The first-order valence-electron chi connectivity index (χ1n) is 8.16. The number of ether oxygens (including phenoxy) is 1. The summed E-state index contributed by atoms with van der Waals surface area (Å²) in [6, 6.07) is 0. The molecule has 8 heteroatoms. The number of carbonyl (C=O) groups is 1. The van der Waals surface area contributed by atoms with E-state index in [-0.39, 0.29) is 16.8 Å². The molecule has 0 saturated heterocycles. The zero-order valence-electron chi connectivity index (χ0n) is 15.5. The van der Waals surface area contributed by atoms with Crippen molar-refractivity contribution in [1.82, 2.24) is 4.98 Å². The van der Waals surface area contributed by atoms with E-state index in [0.29, 0.717) is 11.7 Å². The number of hydrogen-bond acceptors (Lipinski definition) is 6. The molecule has 138 valence electrons. The van der Waals surface area contributed by atoms with Gasteiger partial charge in [-0.25, -0.2) is 9.78 Å². The average molecular weight is 375 g/mol. The number of thiazole rings is 1. The molecule has 0 aromatic carbocycles. The highest BCUT2D eigenvalue weighted by atomic mass is 32.1. The molecule has 1 heterocycles. The maximum absolute atomic E-state index is 10.8. The lowest BCUT2D eigenvalue weighted by molar-refractivity contribution is 0.0465. The molecule has 2 N–H and O–H groups in total. The quantitative estimate of drug-likeness (QED) is 0.475. The summed E-state index contributed by atoms with van der Waals surface area (Å²) < 4.78 is 11.7. The Morgan fingerprint density at radius 1 is 1.46 bits per heavy atom. The number of nitrogens with one attached hydrogen (secondary N) is 1. The van der Waals surface area contributed by atoms with E-state index in [0.717, 1.165) is 19.4 Å². The molecule has 6 nitrogen and oxygen atoms in total. The highest BCUT2D eigenvalue weighted by Crippen LogP contribution is 2.36. The van der Waals surface area contributed by atoms with Crippen LogP contribution in [0.25, 0.3) is 0 Å². The fraction of sp³-hybridized carbons (Fsp3) is 0.750. The van der Waals surface area contributed by atoms with Crippen molar-refractivity contribution in [3.05, 3.63) is 11.1 Å². The molecular weight excluding hydrogens is 344 g/mol. The molecule has 1 unspecified atom stereocenters. The summed E-state index contributed by atoms with van der Waals surface area (Å²) in [5.41, 5.74) is 0.0834. The molecule has 0 fully saturated rings. The van der Waals surface area contributed by atoms with E-state index in [1.54, 1.807) is 7.11 Å². The predicted octanol–water partition coefficient (Wildman–Crippen LogP) is 4.07. The third-order valence-corrected chi connectivity index (χ3v) is 9.77. The van der Waals surface area contributed by atoms with E-state index in [1.807, 2.05) is 0 Å². The number of carboxylic acids is 1. The standard InChI is InChI=1S/C16H30N2O4SSi/c1-16(2,3)24(5,6)22-10-12(21-4)8-7-9-17-15-18-13(11-23-15)14(19)20/h11-12H,7-10H2,1-6H3,(H,17,18)(H,19,20). The minimum Gasteiger partial charge on any atom is -0.476 e. The van der Waals surface area contributed by atoms with E-state index in [1.165, 1.54) is 16.7 Å². The Labute approximate surface area is 149 Å². The van der Waals surface area contributed by atoms with Crippen LogP contribution in [-0.2, 0) is 9.16 Å². The number of carboxylic acid groups (broad SMARTS) is 1. The first kappa shape index (κ1) is 21.1. The van der Waals surface area contributed by atoms with Crippen LogP contribution in [0.15, 0.2) is 5.38 Å². The molecule has 0 spiro atoms. The lowest BCUT2D eigenvalue weighted by Crippen LogP contribution is -2.42. The van der Waals surface area contributed by atoms with Gasteiger partial charge in [0.05, 0.1) is 12.7 Å². The van der Waals surface area contributed by atoms with Crippen molar-refractivity contribution in [3.8, 4) is 0 Å². The first-order valence-corrected chi connectivity index (χ1v) is 11.9. The summed E-state index contributed by atoms with van der Waals surface area (Å²) in [5.74, 6) is -0.999. The van der Waals surface area contributed by atoms with Crippen LogP contribution in [0.4, 0.5) is 5.13 Å². The van der Waals surface area contributed by atoms with Crippen molar-refractivity contribution in [3.63, 3.8) is 0 Å². The van der Waals surface area contributed by atoms with Gasteiger partial charge in [0.1, 0.15) is 0 Å². The predicted molar refractivity (Wildman–Crippen MR) is 101 cm³/mol. The molecule has 1 atom stereocenters. The second kappa shape index (κ2) is 8.94. The van der Waals surface area contributed by atoms with E-state index < -0.39 is 14.3 Å². The maximum atomic E-state index is 10.8. The lowest BCUT2D eigenvalue weighted by atomic mass is 10.2. The summed E-state index contributed by atoms with van der Waals surface area (Å²) in [6.07, 6.45) is 1.86. The zero-order valence-corrected chi connectivity index (χ0v) is 17.3. The normalized spacial score (nSPS) is 13.8. The van der Waals surface area contributed by atoms with E-state index in [4.69, 9.17) is 14.3 Å². The zero-order chi connectivity index (χ0) is 18.4. The number of hydrogen-bond donors (Lipinski definition) is 2. The van der Waals surface area contributed by atoms with Crippen LogP contribution >= 0.6 is 11.3 Å². The Hall–Kier alpha value is -0.963. The van der Waals surface area contributed by atoms with E-state index in [9.17, 15) is 4.79 Å². The van der Waals surface area contributed by atoms with Gasteiger partial charge >= 0.3 is 5.97 Å². The number of rotatable bonds is 10. The largest absolute Gasteiger partial charge is 0.476 e. The third-order valence-electron chi connectivity index (χ3n) is 4.47. The van der Waals surface area contributed by atoms with Crippen LogP contribution in [0, 0.1) is 0 Å². The smallest absolute Gasteiger partial charge is 0.355 e. The highest BCUT2D eigenvalue weighted by Gasteiger charge is 2.37. The Morgan fingerprint density at radius 3 is 2.62 bits per heavy atom. The van der Waals surface area contributed by atoms with Gasteiger partial charge in [0.25, 0.3) is 0 Å². The Morgan fingerprint density at radius 2 is 2.12 bits per heavy atom. The Balaban J connectivity index is 2.32. The van der Waals surface area contributed by atoms with Gasteiger partial charge in [0.15, 0.2) is 19.1 Å². The van der Waals surface area contributed by atoms with Crippen LogP contribution in [0.1, 0.15) is 44.1 Å². The van der Waals surface area contributed by atoms with Crippen LogP contribution in [-0.4, -0.2) is 50.7 Å². The van der Waals surface area contributed by atoms with Gasteiger partial charge in [0.2, 0.25) is 0 Å². The topological polar surface area (TPSA) is 80.7 Å². The van der Waals surface area contributed by atoms with Crippen LogP contribution in [0.2, 0.25) is 18.1 Å². The van der Waals surface area contributed by atoms with Gasteiger partial charge in [-0.3, -0.25) is 0 Å². The molecule has 0 saturated carbocycles. The minimum atomic E-state index is -1.75. The highest BCUT2D eigenvalue weighted by molar-refractivity contribution is 7.13. The van der Waals surface area contributed by atoms with Crippen molar-refractivity contribution in [2.24, 2.45) is 0 Å². The van der Waals surface area contributed by atoms with Crippen LogP contribution < -0.4 is 5.32 Å². The number of aromatic carboxylic acids is 1. The molecule has 1 aromatic rings. The molecule has 1 rings (SSSR count). The lowest BCUT2D eigenvalue weighted by Gasteiger charge is -2.37. The molecule has 0 radical (unpaired) electrons. The van der Waals surface area contributed by atoms with Gasteiger partial charge in [-0.05, 0) is 31.0 Å². The second-order valence-electron chi connectivity index (χ2n) is 7.34. The van der Waals surface area contributed by atoms with Crippen molar-refractivity contribution in [2.75, 3.05) is 25.6 Å². The molecule has 0 bridgehead atoms. The summed E-state index contributed by atoms with van der Waals surface area (Å²) in [4.78, 5) is 14.8. The summed E-state index contributed by atoms with van der Waals surface area (Å²) in [5, 5.41) is 14.4.